The third-order valence-electron chi connectivity index (χ3n) is 6.00. The van der Waals surface area contributed by atoms with Crippen molar-refractivity contribution in [2.24, 2.45) is 0 Å². The van der Waals surface area contributed by atoms with Crippen LogP contribution >= 0.6 is 0 Å². The van der Waals surface area contributed by atoms with Gasteiger partial charge in [-0.25, -0.2) is 9.97 Å². The smallest absolute Gasteiger partial charge is 0.178 e. The number of aromatic nitrogens is 3. The fourth-order valence-electron chi connectivity index (χ4n) is 4.67. The van der Waals surface area contributed by atoms with Gasteiger partial charge in [-0.3, -0.25) is 4.98 Å². The SMILES string of the molecule is Cc1ccccc1N1c2nccnc2N(c2cc(C)c(-c3ccncc3)c(C)c2)C1C. The number of aryl methyl sites for hydroxylation is 3. The molecule has 0 bridgehead atoms. The van der Waals surface area contributed by atoms with E-state index in [9.17, 15) is 0 Å². The molecule has 0 amide bonds. The highest BCUT2D eigenvalue weighted by molar-refractivity contribution is 5.85. The molecule has 0 aliphatic carbocycles. The van der Waals surface area contributed by atoms with E-state index in [2.05, 4.69) is 91.0 Å². The molecule has 154 valence electrons. The third-order valence-corrected chi connectivity index (χ3v) is 6.00. The number of nitrogens with zero attached hydrogens (tertiary/aromatic N) is 5. The molecule has 0 radical (unpaired) electrons. The minimum absolute atomic E-state index is 0.0454. The maximum Gasteiger partial charge on any atom is 0.178 e. The molecule has 1 unspecified atom stereocenters. The van der Waals surface area contributed by atoms with Crippen LogP contribution in [0.3, 0.4) is 0 Å². The molecule has 5 heteroatoms. The Labute approximate surface area is 183 Å². The molecule has 5 nitrogen and oxygen atoms in total. The predicted octanol–water partition coefficient (Wildman–Crippen LogP) is 6.10. The zero-order valence-electron chi connectivity index (χ0n) is 18.2. The summed E-state index contributed by atoms with van der Waals surface area (Å²) in [7, 11) is 0. The van der Waals surface area contributed by atoms with Gasteiger partial charge in [0.1, 0.15) is 6.17 Å². The summed E-state index contributed by atoms with van der Waals surface area (Å²) in [6.45, 7) is 8.68. The Kier molecular flexibility index (Phi) is 4.66. The van der Waals surface area contributed by atoms with Crippen molar-refractivity contribution in [1.82, 2.24) is 15.0 Å². The molecule has 2 aromatic heterocycles. The number of fused-ring (bicyclic) bond motifs is 1. The Morgan fingerprint density at radius 3 is 1.97 bits per heavy atom. The second-order valence-electron chi connectivity index (χ2n) is 8.05. The molecular weight excluding hydrogens is 382 g/mol. The summed E-state index contributed by atoms with van der Waals surface area (Å²) in [6.07, 6.45) is 7.27. The van der Waals surface area contributed by atoms with E-state index in [1.165, 1.54) is 27.8 Å². The van der Waals surface area contributed by atoms with E-state index in [0.717, 1.165) is 23.0 Å². The van der Waals surface area contributed by atoms with E-state index < -0.39 is 0 Å². The zero-order valence-corrected chi connectivity index (χ0v) is 18.2. The van der Waals surface area contributed by atoms with Gasteiger partial charge in [-0.2, -0.15) is 0 Å². The van der Waals surface area contributed by atoms with Gasteiger partial charge in [0, 0.05) is 36.2 Å². The molecule has 0 fully saturated rings. The van der Waals surface area contributed by atoms with Crippen LogP contribution in [0.1, 0.15) is 23.6 Å². The van der Waals surface area contributed by atoms with Crippen LogP contribution in [0.25, 0.3) is 11.1 Å². The van der Waals surface area contributed by atoms with E-state index in [1.54, 1.807) is 12.4 Å². The van der Waals surface area contributed by atoms with E-state index in [-0.39, 0.29) is 6.17 Å². The van der Waals surface area contributed by atoms with Crippen LogP contribution in [0, 0.1) is 20.8 Å². The fourth-order valence-corrected chi connectivity index (χ4v) is 4.67. The molecule has 1 atom stereocenters. The lowest BCUT2D eigenvalue weighted by molar-refractivity contribution is 0.752. The molecule has 4 aromatic rings. The molecule has 2 aromatic carbocycles. The van der Waals surface area contributed by atoms with Crippen LogP contribution in [0.5, 0.6) is 0 Å². The lowest BCUT2D eigenvalue weighted by Gasteiger charge is -2.30. The molecule has 0 saturated carbocycles. The minimum atomic E-state index is 0.0454. The topological polar surface area (TPSA) is 45.2 Å². The first-order chi connectivity index (χ1) is 15.1. The zero-order chi connectivity index (χ0) is 21.5. The first-order valence-corrected chi connectivity index (χ1v) is 10.5. The fraction of sp³-hybridized carbons (Fsp3) is 0.192. The number of rotatable bonds is 3. The van der Waals surface area contributed by atoms with Crippen LogP contribution in [0.2, 0.25) is 0 Å². The minimum Gasteiger partial charge on any atom is -0.302 e. The van der Waals surface area contributed by atoms with Gasteiger partial charge in [0.2, 0.25) is 0 Å². The number of para-hydroxylation sites is 1. The standard InChI is InChI=1S/C26H25N5/c1-17-7-5-6-8-23(17)31-20(4)30(25-26(31)29-14-13-28-25)22-15-18(2)24(19(3)16-22)21-9-11-27-12-10-21/h5-16,20H,1-4H3. The monoisotopic (exact) mass is 407 g/mol. The summed E-state index contributed by atoms with van der Waals surface area (Å²) < 4.78 is 0. The second-order valence-corrected chi connectivity index (χ2v) is 8.05. The lowest BCUT2D eigenvalue weighted by atomic mass is 9.95. The first-order valence-electron chi connectivity index (χ1n) is 10.5. The summed E-state index contributed by atoms with van der Waals surface area (Å²) in [5.41, 5.74) is 8.40. The van der Waals surface area contributed by atoms with Crippen molar-refractivity contribution in [2.45, 2.75) is 33.9 Å². The highest BCUT2D eigenvalue weighted by Gasteiger charge is 2.38. The summed E-state index contributed by atoms with van der Waals surface area (Å²) in [6, 6.07) is 17.1. The average Bonchev–Trinajstić information content (AvgIpc) is 3.06. The van der Waals surface area contributed by atoms with Gasteiger partial charge in [-0.05, 0) is 85.8 Å². The van der Waals surface area contributed by atoms with Crippen molar-refractivity contribution in [3.63, 3.8) is 0 Å². The Hall–Kier alpha value is -3.73. The Morgan fingerprint density at radius 2 is 1.32 bits per heavy atom. The number of benzene rings is 2. The molecule has 1 aliphatic heterocycles. The second kappa shape index (κ2) is 7.51. The van der Waals surface area contributed by atoms with Crippen molar-refractivity contribution < 1.29 is 0 Å². The molecule has 1 aliphatic rings. The largest absolute Gasteiger partial charge is 0.302 e. The highest BCUT2D eigenvalue weighted by atomic mass is 15.5. The molecule has 3 heterocycles. The van der Waals surface area contributed by atoms with Gasteiger partial charge >= 0.3 is 0 Å². The van der Waals surface area contributed by atoms with Crippen LogP contribution < -0.4 is 9.80 Å². The summed E-state index contributed by atoms with van der Waals surface area (Å²) in [4.78, 5) is 18.2. The van der Waals surface area contributed by atoms with Crippen molar-refractivity contribution in [1.29, 1.82) is 0 Å². The van der Waals surface area contributed by atoms with Gasteiger partial charge in [0.15, 0.2) is 11.6 Å². The van der Waals surface area contributed by atoms with Gasteiger partial charge in [0.25, 0.3) is 0 Å². The van der Waals surface area contributed by atoms with Crippen LogP contribution in [0.4, 0.5) is 23.0 Å². The van der Waals surface area contributed by atoms with Crippen molar-refractivity contribution in [3.05, 3.63) is 90.0 Å². The summed E-state index contributed by atoms with van der Waals surface area (Å²) in [5, 5.41) is 0. The number of anilines is 4. The first kappa shape index (κ1) is 19.2. The van der Waals surface area contributed by atoms with Crippen LogP contribution in [-0.4, -0.2) is 21.1 Å². The van der Waals surface area contributed by atoms with Crippen molar-refractivity contribution >= 4 is 23.0 Å². The van der Waals surface area contributed by atoms with Crippen molar-refractivity contribution in [3.8, 4) is 11.1 Å². The van der Waals surface area contributed by atoms with E-state index in [0.29, 0.717) is 0 Å². The Morgan fingerprint density at radius 1 is 0.710 bits per heavy atom. The summed E-state index contributed by atoms with van der Waals surface area (Å²) >= 11 is 0. The van der Waals surface area contributed by atoms with Crippen LogP contribution in [-0.2, 0) is 0 Å². The maximum absolute atomic E-state index is 4.73. The lowest BCUT2D eigenvalue weighted by Crippen LogP contribution is -2.36. The Balaban J connectivity index is 1.64. The molecular formula is C26H25N5. The highest BCUT2D eigenvalue weighted by Crippen LogP contribution is 2.46. The van der Waals surface area contributed by atoms with Gasteiger partial charge in [0.05, 0.1) is 0 Å². The average molecular weight is 408 g/mol. The number of pyridine rings is 1. The molecule has 0 saturated heterocycles. The third kappa shape index (κ3) is 3.13. The van der Waals surface area contributed by atoms with E-state index >= 15 is 0 Å². The van der Waals surface area contributed by atoms with E-state index in [1.807, 2.05) is 12.4 Å². The normalized spacial score (nSPS) is 15.3. The summed E-state index contributed by atoms with van der Waals surface area (Å²) in [5.74, 6) is 1.77. The van der Waals surface area contributed by atoms with E-state index in [4.69, 9.17) is 9.97 Å². The number of hydrogen-bond donors (Lipinski definition) is 0. The van der Waals surface area contributed by atoms with Crippen LogP contribution in [0.15, 0.2) is 73.3 Å². The van der Waals surface area contributed by atoms with Gasteiger partial charge < -0.3 is 9.80 Å². The van der Waals surface area contributed by atoms with Crippen molar-refractivity contribution in [2.75, 3.05) is 9.80 Å². The predicted molar refractivity (Wildman–Crippen MR) is 126 cm³/mol. The molecule has 0 N–H and O–H groups in total. The molecule has 5 rings (SSSR count). The Bertz CT molecular complexity index is 1230. The molecule has 31 heavy (non-hydrogen) atoms. The molecule has 0 spiro atoms. The maximum atomic E-state index is 4.73. The number of hydrogen-bond acceptors (Lipinski definition) is 5. The van der Waals surface area contributed by atoms with Gasteiger partial charge in [-0.15, -0.1) is 0 Å². The van der Waals surface area contributed by atoms with Gasteiger partial charge in [-0.1, -0.05) is 18.2 Å². The quantitative estimate of drug-likeness (QED) is 0.411.